The fraction of sp³-hybridized carbons (Fsp3) is 0.200. The van der Waals surface area contributed by atoms with Crippen LogP contribution >= 0.6 is 0 Å². The van der Waals surface area contributed by atoms with Gasteiger partial charge in [-0.05, 0) is 24.3 Å². The van der Waals surface area contributed by atoms with Gasteiger partial charge in [0.1, 0.15) is 6.73 Å². The summed E-state index contributed by atoms with van der Waals surface area (Å²) < 4.78 is 4.67. The van der Waals surface area contributed by atoms with Crippen LogP contribution in [0.3, 0.4) is 0 Å². The minimum absolute atomic E-state index is 0.155. The molecule has 0 spiro atoms. The first-order valence-electron chi connectivity index (χ1n) is 4.30. The molecule has 0 saturated carbocycles. The third-order valence-corrected chi connectivity index (χ3v) is 1.65. The highest BCUT2D eigenvalue weighted by molar-refractivity contribution is 5.89. The molecule has 1 rings (SSSR count). The first kappa shape index (κ1) is 11.0. The number of carbonyl (C=O) groups excluding carboxylic acids is 1. The summed E-state index contributed by atoms with van der Waals surface area (Å²) in [4.78, 5) is 11.2. The van der Waals surface area contributed by atoms with E-state index in [1.54, 1.807) is 24.3 Å². The molecule has 2 N–H and O–H groups in total. The molecule has 0 heterocycles. The lowest BCUT2D eigenvalue weighted by molar-refractivity contribution is 0.177. The third-order valence-electron chi connectivity index (χ3n) is 1.65. The number of nitrogens with one attached hydrogen (secondary N) is 2. The summed E-state index contributed by atoms with van der Waals surface area (Å²) in [5.74, 6) is 0. The lowest BCUT2D eigenvalue weighted by Crippen LogP contribution is -2.30. The van der Waals surface area contributed by atoms with Crippen molar-refractivity contribution < 1.29 is 9.53 Å². The van der Waals surface area contributed by atoms with Gasteiger partial charge in [0, 0.05) is 12.8 Å². The minimum Gasteiger partial charge on any atom is -0.364 e. The van der Waals surface area contributed by atoms with Crippen molar-refractivity contribution >= 4 is 11.7 Å². The predicted octanol–water partition coefficient (Wildman–Crippen LogP) is 1.28. The largest absolute Gasteiger partial charge is 0.364 e. The fourth-order valence-electron chi connectivity index (χ4n) is 0.941. The van der Waals surface area contributed by atoms with Gasteiger partial charge in [-0.1, -0.05) is 0 Å². The number of hydrogen-bond acceptors (Lipinski definition) is 3. The van der Waals surface area contributed by atoms with Crippen LogP contribution in [0.5, 0.6) is 0 Å². The van der Waals surface area contributed by atoms with Crippen LogP contribution in [0.1, 0.15) is 5.56 Å². The van der Waals surface area contributed by atoms with Crippen LogP contribution < -0.4 is 10.6 Å². The van der Waals surface area contributed by atoms with Crippen LogP contribution in [-0.4, -0.2) is 19.9 Å². The van der Waals surface area contributed by atoms with E-state index in [0.717, 1.165) is 0 Å². The van der Waals surface area contributed by atoms with Crippen LogP contribution in [0.15, 0.2) is 24.3 Å². The summed E-state index contributed by atoms with van der Waals surface area (Å²) in [7, 11) is 1.49. The molecule has 2 amide bonds. The summed E-state index contributed by atoms with van der Waals surface area (Å²) in [6, 6.07) is 8.22. The number of rotatable bonds is 3. The highest BCUT2D eigenvalue weighted by Crippen LogP contribution is 2.08. The number of urea groups is 1. The van der Waals surface area contributed by atoms with E-state index in [4.69, 9.17) is 5.26 Å². The monoisotopic (exact) mass is 205 g/mol. The first-order valence-corrected chi connectivity index (χ1v) is 4.30. The molecule has 0 aliphatic carbocycles. The Morgan fingerprint density at radius 1 is 1.47 bits per heavy atom. The van der Waals surface area contributed by atoms with E-state index in [1.807, 2.05) is 6.07 Å². The molecule has 78 valence electrons. The van der Waals surface area contributed by atoms with Gasteiger partial charge in [0.15, 0.2) is 0 Å². The Balaban J connectivity index is 2.50. The molecule has 0 aliphatic rings. The molecule has 0 bridgehead atoms. The third kappa shape index (κ3) is 3.67. The smallest absolute Gasteiger partial charge is 0.321 e. The molecule has 0 saturated heterocycles. The van der Waals surface area contributed by atoms with E-state index in [2.05, 4.69) is 15.4 Å². The number of amides is 2. The first-order chi connectivity index (χ1) is 7.26. The molecule has 0 unspecified atom stereocenters. The van der Waals surface area contributed by atoms with Crippen molar-refractivity contribution in [2.45, 2.75) is 0 Å². The Hall–Kier alpha value is -2.06. The molecule has 0 aliphatic heterocycles. The Morgan fingerprint density at radius 2 is 2.13 bits per heavy atom. The van der Waals surface area contributed by atoms with E-state index < -0.39 is 0 Å². The molecule has 1 aromatic rings. The number of methoxy groups -OCH3 is 1. The van der Waals surface area contributed by atoms with Crippen molar-refractivity contribution in [1.29, 1.82) is 5.26 Å². The number of nitrogens with zero attached hydrogens (tertiary/aromatic N) is 1. The molecule has 0 aromatic heterocycles. The Morgan fingerprint density at radius 3 is 2.67 bits per heavy atom. The van der Waals surface area contributed by atoms with E-state index >= 15 is 0 Å². The number of carbonyl (C=O) groups is 1. The second-order valence-electron chi connectivity index (χ2n) is 2.75. The van der Waals surface area contributed by atoms with Gasteiger partial charge in [-0.15, -0.1) is 0 Å². The number of nitriles is 1. The van der Waals surface area contributed by atoms with E-state index in [9.17, 15) is 4.79 Å². The summed E-state index contributed by atoms with van der Waals surface area (Å²) in [5, 5.41) is 13.6. The van der Waals surface area contributed by atoms with Crippen LogP contribution in [0.2, 0.25) is 0 Å². The van der Waals surface area contributed by atoms with Gasteiger partial charge in [0.25, 0.3) is 0 Å². The molecule has 0 fully saturated rings. The van der Waals surface area contributed by atoms with Gasteiger partial charge >= 0.3 is 6.03 Å². The van der Waals surface area contributed by atoms with Gasteiger partial charge in [-0.2, -0.15) is 5.26 Å². The average molecular weight is 205 g/mol. The van der Waals surface area contributed by atoms with Crippen molar-refractivity contribution in [1.82, 2.24) is 5.32 Å². The van der Waals surface area contributed by atoms with Crippen molar-refractivity contribution in [3.63, 3.8) is 0 Å². The van der Waals surface area contributed by atoms with Crippen molar-refractivity contribution in [2.24, 2.45) is 0 Å². The van der Waals surface area contributed by atoms with Crippen LogP contribution in [0, 0.1) is 11.3 Å². The summed E-state index contributed by atoms with van der Waals surface area (Å²) >= 11 is 0. The van der Waals surface area contributed by atoms with Crippen molar-refractivity contribution in [2.75, 3.05) is 19.2 Å². The normalized spacial score (nSPS) is 9.07. The highest BCUT2D eigenvalue weighted by atomic mass is 16.5. The second kappa shape index (κ2) is 5.62. The minimum atomic E-state index is -0.346. The maximum atomic E-state index is 11.2. The highest BCUT2D eigenvalue weighted by Gasteiger charge is 1.99. The Bertz CT molecular complexity index is 367. The zero-order valence-electron chi connectivity index (χ0n) is 8.28. The molecule has 15 heavy (non-hydrogen) atoms. The molecular weight excluding hydrogens is 194 g/mol. The van der Waals surface area contributed by atoms with Crippen LogP contribution in [0.4, 0.5) is 10.5 Å². The zero-order chi connectivity index (χ0) is 11.1. The van der Waals surface area contributed by atoms with Gasteiger partial charge in [0.05, 0.1) is 11.6 Å². The summed E-state index contributed by atoms with van der Waals surface area (Å²) in [6.07, 6.45) is 0. The maximum Gasteiger partial charge on any atom is 0.321 e. The van der Waals surface area contributed by atoms with Crippen molar-refractivity contribution in [3.8, 4) is 6.07 Å². The molecule has 0 radical (unpaired) electrons. The van der Waals surface area contributed by atoms with Gasteiger partial charge in [-0.3, -0.25) is 0 Å². The van der Waals surface area contributed by atoms with Gasteiger partial charge < -0.3 is 15.4 Å². The summed E-state index contributed by atoms with van der Waals surface area (Å²) in [5.41, 5.74) is 1.18. The molecule has 0 atom stereocenters. The lowest BCUT2D eigenvalue weighted by atomic mass is 10.2. The molecular formula is C10H11N3O2. The standard InChI is InChI=1S/C10H11N3O2/c1-15-7-12-10(14)13-9-4-2-8(6-11)3-5-9/h2-5H,7H2,1H3,(H2,12,13,14). The average Bonchev–Trinajstić information content (AvgIpc) is 2.27. The SMILES string of the molecule is COCNC(=O)Nc1ccc(C#N)cc1. The molecule has 5 nitrogen and oxygen atoms in total. The topological polar surface area (TPSA) is 74.2 Å². The number of benzene rings is 1. The maximum absolute atomic E-state index is 11.2. The number of ether oxygens (including phenoxy) is 1. The van der Waals surface area contributed by atoms with Crippen LogP contribution in [-0.2, 0) is 4.74 Å². The van der Waals surface area contributed by atoms with Gasteiger partial charge in [-0.25, -0.2) is 4.79 Å². The molecule has 5 heteroatoms. The Labute approximate surface area is 87.7 Å². The van der Waals surface area contributed by atoms with Crippen molar-refractivity contribution in [3.05, 3.63) is 29.8 Å². The fourth-order valence-corrected chi connectivity index (χ4v) is 0.941. The van der Waals surface area contributed by atoms with E-state index in [-0.39, 0.29) is 12.8 Å². The van der Waals surface area contributed by atoms with Crippen LogP contribution in [0.25, 0.3) is 0 Å². The quantitative estimate of drug-likeness (QED) is 0.730. The van der Waals surface area contributed by atoms with E-state index in [0.29, 0.717) is 11.3 Å². The zero-order valence-corrected chi connectivity index (χ0v) is 8.28. The Kier molecular flexibility index (Phi) is 4.13. The lowest BCUT2D eigenvalue weighted by Gasteiger charge is -2.06. The number of anilines is 1. The predicted molar refractivity (Wildman–Crippen MR) is 55.2 cm³/mol. The summed E-state index contributed by atoms with van der Waals surface area (Å²) in [6.45, 7) is 0.155. The molecule has 1 aromatic carbocycles. The van der Waals surface area contributed by atoms with Gasteiger partial charge in [0.2, 0.25) is 0 Å². The second-order valence-corrected chi connectivity index (χ2v) is 2.75. The van der Waals surface area contributed by atoms with E-state index in [1.165, 1.54) is 7.11 Å². The number of hydrogen-bond donors (Lipinski definition) is 2.